The van der Waals surface area contributed by atoms with Gasteiger partial charge in [-0.05, 0) is 49.2 Å². The van der Waals surface area contributed by atoms with Crippen LogP contribution < -0.4 is 4.72 Å². The number of hydrogen-bond acceptors (Lipinski definition) is 7. The summed E-state index contributed by atoms with van der Waals surface area (Å²) in [5.74, 6) is -0.0712. The zero-order valence-electron chi connectivity index (χ0n) is 19.5. The van der Waals surface area contributed by atoms with Gasteiger partial charge in [0, 0.05) is 24.2 Å². The maximum Gasteiger partial charge on any atom is 0.279 e. The molecule has 0 bridgehead atoms. The van der Waals surface area contributed by atoms with Crippen LogP contribution in [-0.2, 0) is 20.0 Å². The molecule has 0 aliphatic carbocycles. The second kappa shape index (κ2) is 9.70. The van der Waals surface area contributed by atoms with Crippen molar-refractivity contribution in [2.45, 2.75) is 31.2 Å². The Morgan fingerprint density at radius 3 is 2.31 bits per heavy atom. The SMILES string of the molecule is CCS(=O)(=O)Nc1ccc(C2=NN(S(=O)(=O)c3ccc(C)cc3)[C@@H](c3cccc([N+](=O)[O-])c3)C2)cc1. The molecule has 1 N–H and O–H groups in total. The zero-order valence-corrected chi connectivity index (χ0v) is 21.2. The lowest BCUT2D eigenvalue weighted by molar-refractivity contribution is -0.384. The van der Waals surface area contributed by atoms with E-state index in [2.05, 4.69) is 9.82 Å². The van der Waals surface area contributed by atoms with Gasteiger partial charge >= 0.3 is 0 Å². The van der Waals surface area contributed by atoms with E-state index in [0.29, 0.717) is 22.5 Å². The van der Waals surface area contributed by atoms with Crippen LogP contribution in [0, 0.1) is 17.0 Å². The van der Waals surface area contributed by atoms with Gasteiger partial charge < -0.3 is 0 Å². The number of nitro benzene ring substituents is 1. The van der Waals surface area contributed by atoms with Crippen molar-refractivity contribution in [3.8, 4) is 0 Å². The monoisotopic (exact) mass is 528 g/mol. The summed E-state index contributed by atoms with van der Waals surface area (Å²) in [6, 6.07) is 17.9. The zero-order chi connectivity index (χ0) is 26.1. The lowest BCUT2D eigenvalue weighted by Gasteiger charge is -2.23. The van der Waals surface area contributed by atoms with Crippen molar-refractivity contribution in [3.63, 3.8) is 0 Å². The van der Waals surface area contributed by atoms with Crippen LogP contribution in [0.4, 0.5) is 11.4 Å². The molecular formula is C24H24N4O6S2. The fourth-order valence-corrected chi connectivity index (χ4v) is 5.85. The maximum atomic E-state index is 13.6. The third kappa shape index (κ3) is 5.24. The van der Waals surface area contributed by atoms with Crippen molar-refractivity contribution in [2.24, 2.45) is 5.10 Å². The van der Waals surface area contributed by atoms with Crippen molar-refractivity contribution in [2.75, 3.05) is 10.5 Å². The Morgan fingerprint density at radius 1 is 1.03 bits per heavy atom. The molecule has 0 spiro atoms. The summed E-state index contributed by atoms with van der Waals surface area (Å²) < 4.78 is 54.3. The molecule has 36 heavy (non-hydrogen) atoms. The molecule has 1 heterocycles. The van der Waals surface area contributed by atoms with Crippen molar-refractivity contribution >= 4 is 37.1 Å². The molecular weight excluding hydrogens is 504 g/mol. The van der Waals surface area contributed by atoms with Gasteiger partial charge in [0.1, 0.15) is 0 Å². The van der Waals surface area contributed by atoms with E-state index in [9.17, 15) is 26.9 Å². The fraction of sp³-hybridized carbons (Fsp3) is 0.208. The highest BCUT2D eigenvalue weighted by atomic mass is 32.2. The third-order valence-corrected chi connectivity index (χ3v) is 8.78. The number of nitro groups is 1. The van der Waals surface area contributed by atoms with Crippen molar-refractivity contribution in [1.29, 1.82) is 0 Å². The molecule has 0 unspecified atom stereocenters. The summed E-state index contributed by atoms with van der Waals surface area (Å²) in [5, 5.41) is 15.8. The Bertz CT molecular complexity index is 1530. The molecule has 1 atom stereocenters. The fourth-order valence-electron chi connectivity index (χ4n) is 3.78. The van der Waals surface area contributed by atoms with Crippen LogP contribution in [-0.4, -0.2) is 37.6 Å². The molecule has 3 aromatic rings. The van der Waals surface area contributed by atoms with Gasteiger partial charge in [-0.1, -0.05) is 42.0 Å². The summed E-state index contributed by atoms with van der Waals surface area (Å²) >= 11 is 0. The Balaban J connectivity index is 1.74. The van der Waals surface area contributed by atoms with E-state index < -0.39 is 31.0 Å². The van der Waals surface area contributed by atoms with Gasteiger partial charge in [-0.3, -0.25) is 14.8 Å². The van der Waals surface area contributed by atoms with Gasteiger partial charge in [-0.25, -0.2) is 8.42 Å². The average Bonchev–Trinajstić information content (AvgIpc) is 3.31. The molecule has 0 amide bonds. The van der Waals surface area contributed by atoms with Gasteiger partial charge in [0.05, 0.1) is 27.3 Å². The Morgan fingerprint density at radius 2 is 1.69 bits per heavy atom. The number of hydrazone groups is 1. The van der Waals surface area contributed by atoms with E-state index in [1.54, 1.807) is 42.5 Å². The largest absolute Gasteiger partial charge is 0.284 e. The number of rotatable bonds is 8. The molecule has 0 radical (unpaired) electrons. The standard InChI is InChI=1S/C24H24N4O6S2/c1-3-35(31,32)26-20-11-9-18(10-12-20)23-16-24(19-5-4-6-21(15-19)28(29)30)27(25-23)36(33,34)22-13-7-17(2)8-14-22/h4-15,24,26H,3,16H2,1-2H3/t24-/m1/s1. The topological polar surface area (TPSA) is 139 Å². The number of aryl methyl sites for hydroxylation is 1. The molecule has 0 saturated carbocycles. The lowest BCUT2D eigenvalue weighted by Crippen LogP contribution is -2.27. The first-order chi connectivity index (χ1) is 17.0. The van der Waals surface area contributed by atoms with Gasteiger partial charge in [-0.2, -0.15) is 17.9 Å². The van der Waals surface area contributed by atoms with Crippen molar-refractivity contribution in [1.82, 2.24) is 4.41 Å². The van der Waals surface area contributed by atoms with Crippen molar-refractivity contribution in [3.05, 3.63) is 99.6 Å². The quantitative estimate of drug-likeness (QED) is 0.343. The molecule has 1 aliphatic rings. The Kier molecular flexibility index (Phi) is 6.83. The third-order valence-electron chi connectivity index (χ3n) is 5.78. The summed E-state index contributed by atoms with van der Waals surface area (Å²) in [4.78, 5) is 10.9. The number of hydrogen-bond donors (Lipinski definition) is 1. The van der Waals surface area contributed by atoms with Gasteiger partial charge in [0.25, 0.3) is 15.7 Å². The molecule has 1 aliphatic heterocycles. The highest BCUT2D eigenvalue weighted by molar-refractivity contribution is 7.92. The number of sulfonamides is 2. The Labute approximate surface area is 209 Å². The van der Waals surface area contributed by atoms with Crippen LogP contribution in [0.5, 0.6) is 0 Å². The van der Waals surface area contributed by atoms with Crippen LogP contribution in [0.25, 0.3) is 0 Å². The highest BCUT2D eigenvalue weighted by Gasteiger charge is 2.38. The van der Waals surface area contributed by atoms with E-state index in [1.807, 2.05) is 6.92 Å². The average molecular weight is 529 g/mol. The van der Waals surface area contributed by atoms with Gasteiger partial charge in [-0.15, -0.1) is 0 Å². The minimum atomic E-state index is -4.08. The number of benzene rings is 3. The summed E-state index contributed by atoms with van der Waals surface area (Å²) in [7, 11) is -7.52. The Hall–Kier alpha value is -3.77. The maximum absolute atomic E-state index is 13.6. The first-order valence-corrected chi connectivity index (χ1v) is 14.1. The lowest BCUT2D eigenvalue weighted by atomic mass is 9.99. The molecule has 12 heteroatoms. The highest BCUT2D eigenvalue weighted by Crippen LogP contribution is 2.38. The summed E-state index contributed by atoms with van der Waals surface area (Å²) in [6.07, 6.45) is 0.173. The molecule has 4 rings (SSSR count). The molecule has 3 aromatic carbocycles. The molecule has 10 nitrogen and oxygen atoms in total. The molecule has 0 saturated heterocycles. The van der Waals surface area contributed by atoms with E-state index >= 15 is 0 Å². The van der Waals surface area contributed by atoms with E-state index in [0.717, 1.165) is 9.98 Å². The van der Waals surface area contributed by atoms with Gasteiger partial charge in [0.15, 0.2) is 0 Å². The van der Waals surface area contributed by atoms with Gasteiger partial charge in [0.2, 0.25) is 10.0 Å². The first-order valence-electron chi connectivity index (χ1n) is 11.0. The second-order valence-electron chi connectivity index (χ2n) is 8.29. The summed E-state index contributed by atoms with van der Waals surface area (Å²) in [6.45, 7) is 3.37. The van der Waals surface area contributed by atoms with Crippen LogP contribution in [0.15, 0.2) is 82.8 Å². The predicted molar refractivity (Wildman–Crippen MR) is 137 cm³/mol. The number of nitrogens with zero attached hydrogens (tertiary/aromatic N) is 3. The van der Waals surface area contributed by atoms with E-state index in [4.69, 9.17) is 0 Å². The number of anilines is 1. The number of nitrogens with one attached hydrogen (secondary N) is 1. The predicted octanol–water partition coefficient (Wildman–Crippen LogP) is 4.20. The van der Waals surface area contributed by atoms with E-state index in [-0.39, 0.29) is 22.8 Å². The molecule has 188 valence electrons. The number of non-ortho nitro benzene ring substituents is 1. The van der Waals surface area contributed by atoms with E-state index in [1.165, 1.54) is 37.3 Å². The van der Waals surface area contributed by atoms with Crippen LogP contribution >= 0.6 is 0 Å². The minimum Gasteiger partial charge on any atom is -0.284 e. The summed E-state index contributed by atoms with van der Waals surface area (Å²) in [5.41, 5.74) is 2.61. The van der Waals surface area contributed by atoms with Crippen LogP contribution in [0.3, 0.4) is 0 Å². The molecule has 0 aromatic heterocycles. The molecule has 0 fully saturated rings. The minimum absolute atomic E-state index is 0.0536. The van der Waals surface area contributed by atoms with Crippen molar-refractivity contribution < 1.29 is 21.8 Å². The van der Waals surface area contributed by atoms with Crippen LogP contribution in [0.2, 0.25) is 0 Å². The second-order valence-corrected chi connectivity index (χ2v) is 12.1. The van der Waals surface area contributed by atoms with Crippen LogP contribution in [0.1, 0.15) is 36.1 Å². The normalized spacial score (nSPS) is 16.0. The smallest absolute Gasteiger partial charge is 0.279 e. The first kappa shape index (κ1) is 25.3.